The van der Waals surface area contributed by atoms with Crippen LogP contribution < -0.4 is 4.74 Å². The maximum atomic E-state index is 13.6. The molecule has 1 heterocycles. The number of aromatic nitrogens is 1. The van der Waals surface area contributed by atoms with Gasteiger partial charge in [-0.1, -0.05) is 48.5 Å². The van der Waals surface area contributed by atoms with Gasteiger partial charge >= 0.3 is 0 Å². The van der Waals surface area contributed by atoms with Crippen molar-refractivity contribution >= 4 is 26.6 Å². The molecule has 0 aliphatic heterocycles. The van der Waals surface area contributed by atoms with Crippen molar-refractivity contribution in [2.24, 2.45) is 0 Å². The lowest BCUT2D eigenvalue weighted by Crippen LogP contribution is -2.34. The molecule has 0 spiro atoms. The molecule has 7 nitrogen and oxygen atoms in total. The van der Waals surface area contributed by atoms with Crippen LogP contribution in [-0.4, -0.2) is 36.6 Å². The molecule has 0 N–H and O–H groups in total. The van der Waals surface area contributed by atoms with E-state index in [0.717, 1.165) is 22.4 Å². The predicted octanol–water partition coefficient (Wildman–Crippen LogP) is 4.85. The Hall–Kier alpha value is -3.49. The second kappa shape index (κ2) is 10.4. The van der Waals surface area contributed by atoms with Gasteiger partial charge in [0.1, 0.15) is 17.3 Å². The largest absolute Gasteiger partial charge is 0.493 e. The van der Waals surface area contributed by atoms with E-state index in [1.54, 1.807) is 36.4 Å². The zero-order valence-electron chi connectivity index (χ0n) is 20.0. The van der Waals surface area contributed by atoms with Gasteiger partial charge in [-0.25, -0.2) is 13.4 Å². The Morgan fingerprint density at radius 1 is 1.00 bits per heavy atom. The summed E-state index contributed by atoms with van der Waals surface area (Å²) in [5, 5.41) is 1.46. The average molecular weight is 493 g/mol. The van der Waals surface area contributed by atoms with Crippen LogP contribution in [0.5, 0.6) is 5.75 Å². The first-order valence-electron chi connectivity index (χ1n) is 11.4. The topological polar surface area (TPSA) is 89.7 Å². The summed E-state index contributed by atoms with van der Waals surface area (Å²) in [6.07, 6.45) is 0.626. The Bertz CT molecular complexity index is 1440. The van der Waals surface area contributed by atoms with Crippen molar-refractivity contribution in [3.63, 3.8) is 0 Å². The number of hydrogen-bond donors (Lipinski definition) is 0. The molecule has 0 amide bonds. The van der Waals surface area contributed by atoms with E-state index in [2.05, 4.69) is 4.98 Å². The molecule has 0 saturated carbocycles. The number of Topliss-reactive ketones (excluding diaryl/α,β-unsaturated/α-hetero) is 1. The summed E-state index contributed by atoms with van der Waals surface area (Å²) < 4.78 is 39.7. The standard InChI is InChI=1S/C27H28N2O5S/c1-19(30)17-29(35(31,32)27-10-6-8-23-7-4-5-9-25(23)27)18-22-11-13-24(14-12-22)33-16-15-26-20(2)34-21(3)28-26/h4-14H,15-18H2,1-3H3. The fourth-order valence-electron chi connectivity index (χ4n) is 4.00. The molecular weight excluding hydrogens is 464 g/mol. The lowest BCUT2D eigenvalue weighted by Gasteiger charge is -2.22. The molecule has 0 radical (unpaired) electrons. The molecular formula is C27H28N2O5S. The van der Waals surface area contributed by atoms with E-state index in [-0.39, 0.29) is 23.8 Å². The molecule has 8 heteroatoms. The SMILES string of the molecule is CC(=O)CN(Cc1ccc(OCCc2nc(C)oc2C)cc1)S(=O)(=O)c1cccc2ccccc12. The summed E-state index contributed by atoms with van der Waals surface area (Å²) in [7, 11) is -3.91. The minimum Gasteiger partial charge on any atom is -0.493 e. The van der Waals surface area contributed by atoms with E-state index in [0.29, 0.717) is 30.1 Å². The minimum atomic E-state index is -3.91. The van der Waals surface area contributed by atoms with E-state index in [4.69, 9.17) is 9.15 Å². The number of benzene rings is 3. The first-order valence-corrected chi connectivity index (χ1v) is 12.8. The van der Waals surface area contributed by atoms with Crippen LogP contribution in [0.2, 0.25) is 0 Å². The molecule has 4 rings (SSSR count). The van der Waals surface area contributed by atoms with Crippen LogP contribution in [-0.2, 0) is 27.8 Å². The number of fused-ring (bicyclic) bond motifs is 1. The van der Waals surface area contributed by atoms with Crippen LogP contribution in [0, 0.1) is 13.8 Å². The van der Waals surface area contributed by atoms with Gasteiger partial charge in [-0.15, -0.1) is 0 Å². The number of sulfonamides is 1. The first kappa shape index (κ1) is 24.6. The van der Waals surface area contributed by atoms with E-state index >= 15 is 0 Å². The lowest BCUT2D eigenvalue weighted by molar-refractivity contribution is -0.117. The van der Waals surface area contributed by atoms with Crippen LogP contribution in [0.1, 0.15) is 29.8 Å². The fourth-order valence-corrected chi connectivity index (χ4v) is 5.66. The molecule has 3 aromatic carbocycles. The highest BCUT2D eigenvalue weighted by atomic mass is 32.2. The third-order valence-corrected chi connectivity index (χ3v) is 7.51. The third kappa shape index (κ3) is 5.78. The second-order valence-corrected chi connectivity index (χ2v) is 10.3. The Kier molecular flexibility index (Phi) is 7.33. The van der Waals surface area contributed by atoms with Crippen molar-refractivity contribution in [3.8, 4) is 5.75 Å². The smallest absolute Gasteiger partial charge is 0.244 e. The van der Waals surface area contributed by atoms with Crippen LogP contribution in [0.4, 0.5) is 0 Å². The molecule has 182 valence electrons. The highest BCUT2D eigenvalue weighted by Crippen LogP contribution is 2.27. The molecule has 0 aliphatic rings. The van der Waals surface area contributed by atoms with Gasteiger partial charge in [0, 0.05) is 25.3 Å². The van der Waals surface area contributed by atoms with E-state index in [1.807, 2.05) is 44.2 Å². The summed E-state index contributed by atoms with van der Waals surface area (Å²) in [6.45, 7) is 5.39. The quantitative estimate of drug-likeness (QED) is 0.315. The van der Waals surface area contributed by atoms with Gasteiger partial charge in [0.05, 0.1) is 23.7 Å². The number of oxazole rings is 1. The number of rotatable bonds is 10. The highest BCUT2D eigenvalue weighted by molar-refractivity contribution is 7.89. The van der Waals surface area contributed by atoms with Gasteiger partial charge in [0.2, 0.25) is 10.0 Å². The molecule has 1 aromatic heterocycles. The first-order chi connectivity index (χ1) is 16.7. The summed E-state index contributed by atoms with van der Waals surface area (Å²) >= 11 is 0. The molecule has 0 bridgehead atoms. The molecule has 35 heavy (non-hydrogen) atoms. The fraction of sp³-hybridized carbons (Fsp3) is 0.259. The van der Waals surface area contributed by atoms with Crippen LogP contribution in [0.25, 0.3) is 10.8 Å². The molecule has 0 fully saturated rings. The number of nitrogens with zero attached hydrogens (tertiary/aromatic N) is 2. The number of ether oxygens (including phenoxy) is 1. The summed E-state index contributed by atoms with van der Waals surface area (Å²) in [5.74, 6) is 1.86. The maximum Gasteiger partial charge on any atom is 0.244 e. The van der Waals surface area contributed by atoms with E-state index in [1.165, 1.54) is 11.2 Å². The Balaban J connectivity index is 1.49. The normalized spacial score (nSPS) is 11.8. The lowest BCUT2D eigenvalue weighted by atomic mass is 10.1. The van der Waals surface area contributed by atoms with Gasteiger partial charge < -0.3 is 9.15 Å². The number of hydrogen-bond acceptors (Lipinski definition) is 6. The maximum absolute atomic E-state index is 13.6. The number of carbonyl (C=O) groups is 1. The van der Waals surface area contributed by atoms with Crippen molar-refractivity contribution < 1.29 is 22.4 Å². The molecule has 0 saturated heterocycles. The van der Waals surface area contributed by atoms with Crippen molar-refractivity contribution in [1.82, 2.24) is 9.29 Å². The van der Waals surface area contributed by atoms with Crippen molar-refractivity contribution in [1.29, 1.82) is 0 Å². The Labute approximate surface area is 205 Å². The van der Waals surface area contributed by atoms with E-state index in [9.17, 15) is 13.2 Å². The van der Waals surface area contributed by atoms with Crippen LogP contribution in [0.15, 0.2) is 76.0 Å². The number of carbonyl (C=O) groups excluding carboxylic acids is 1. The van der Waals surface area contributed by atoms with Crippen LogP contribution >= 0.6 is 0 Å². The molecule has 0 aliphatic carbocycles. The zero-order chi connectivity index (χ0) is 25.0. The van der Waals surface area contributed by atoms with Gasteiger partial charge in [0.15, 0.2) is 5.89 Å². The Morgan fingerprint density at radius 3 is 2.40 bits per heavy atom. The molecule has 0 atom stereocenters. The van der Waals surface area contributed by atoms with Gasteiger partial charge in [0.25, 0.3) is 0 Å². The predicted molar refractivity (Wildman–Crippen MR) is 134 cm³/mol. The van der Waals surface area contributed by atoms with Gasteiger partial charge in [-0.2, -0.15) is 4.31 Å². The summed E-state index contributed by atoms with van der Waals surface area (Å²) in [6, 6.07) is 19.7. The van der Waals surface area contributed by atoms with Gasteiger partial charge in [-0.05, 0) is 43.0 Å². The second-order valence-electron chi connectivity index (χ2n) is 8.43. The molecule has 0 unspecified atom stereocenters. The third-order valence-electron chi connectivity index (χ3n) is 5.66. The van der Waals surface area contributed by atoms with Gasteiger partial charge in [-0.3, -0.25) is 4.79 Å². The van der Waals surface area contributed by atoms with E-state index < -0.39 is 10.0 Å². The highest BCUT2D eigenvalue weighted by Gasteiger charge is 2.27. The molecule has 4 aromatic rings. The zero-order valence-corrected chi connectivity index (χ0v) is 20.8. The monoisotopic (exact) mass is 492 g/mol. The van der Waals surface area contributed by atoms with Crippen molar-refractivity contribution in [3.05, 3.63) is 89.6 Å². The number of ketones is 1. The number of aryl methyl sites for hydroxylation is 2. The Morgan fingerprint density at radius 2 is 1.71 bits per heavy atom. The van der Waals surface area contributed by atoms with Crippen molar-refractivity contribution in [2.45, 2.75) is 38.6 Å². The minimum absolute atomic E-state index is 0.0722. The summed E-state index contributed by atoms with van der Waals surface area (Å²) in [4.78, 5) is 16.5. The van der Waals surface area contributed by atoms with Crippen LogP contribution in [0.3, 0.4) is 0 Å². The van der Waals surface area contributed by atoms with Crippen molar-refractivity contribution in [2.75, 3.05) is 13.2 Å². The average Bonchev–Trinajstić information content (AvgIpc) is 3.15. The summed E-state index contributed by atoms with van der Waals surface area (Å²) in [5.41, 5.74) is 1.63.